The first kappa shape index (κ1) is 23.5. The number of nitrogens with one attached hydrogen (secondary N) is 1. The van der Waals surface area contributed by atoms with E-state index >= 15 is 0 Å². The maximum absolute atomic E-state index is 13.0. The summed E-state index contributed by atoms with van der Waals surface area (Å²) in [5.41, 5.74) is 2.19. The Balaban J connectivity index is 2.06. The number of ether oxygens (including phenoxy) is 1. The Hall–Kier alpha value is -2.82. The molecule has 2 aromatic rings. The largest absolute Gasteiger partial charge is 0.484 e. The second kappa shape index (κ2) is 12.0. The van der Waals surface area contributed by atoms with E-state index in [1.54, 1.807) is 11.8 Å². The molecule has 2 rings (SSSR count). The van der Waals surface area contributed by atoms with Gasteiger partial charge in [-0.2, -0.15) is 0 Å². The van der Waals surface area contributed by atoms with E-state index in [0.29, 0.717) is 24.8 Å². The highest BCUT2D eigenvalue weighted by atomic mass is 16.5. The fourth-order valence-corrected chi connectivity index (χ4v) is 3.08. The van der Waals surface area contributed by atoms with E-state index in [2.05, 4.69) is 26.1 Å². The highest BCUT2D eigenvalue weighted by Gasteiger charge is 2.26. The molecule has 0 saturated heterocycles. The molecule has 0 saturated carbocycles. The van der Waals surface area contributed by atoms with Crippen molar-refractivity contribution in [1.29, 1.82) is 0 Å². The van der Waals surface area contributed by atoms with Gasteiger partial charge in [-0.25, -0.2) is 0 Å². The summed E-state index contributed by atoms with van der Waals surface area (Å²) in [6.45, 7) is 8.97. The van der Waals surface area contributed by atoms with Gasteiger partial charge in [0.1, 0.15) is 11.8 Å². The summed E-state index contributed by atoms with van der Waals surface area (Å²) < 4.78 is 5.73. The van der Waals surface area contributed by atoms with Crippen molar-refractivity contribution in [3.8, 4) is 5.75 Å². The van der Waals surface area contributed by atoms with E-state index in [1.807, 2.05) is 54.6 Å². The first-order valence-electron chi connectivity index (χ1n) is 10.8. The van der Waals surface area contributed by atoms with E-state index in [1.165, 1.54) is 5.56 Å². The molecule has 0 bridgehead atoms. The van der Waals surface area contributed by atoms with E-state index in [4.69, 9.17) is 4.74 Å². The van der Waals surface area contributed by atoms with Crippen molar-refractivity contribution in [3.05, 3.63) is 65.7 Å². The molecule has 5 heteroatoms. The average Bonchev–Trinajstić information content (AvgIpc) is 2.76. The van der Waals surface area contributed by atoms with Crippen LogP contribution in [-0.4, -0.2) is 35.9 Å². The summed E-state index contributed by atoms with van der Waals surface area (Å²) in [5.74, 6) is 0.723. The number of hydrogen-bond donors (Lipinski definition) is 1. The smallest absolute Gasteiger partial charge is 0.261 e. The van der Waals surface area contributed by atoms with E-state index in [9.17, 15) is 9.59 Å². The van der Waals surface area contributed by atoms with Crippen LogP contribution in [0.15, 0.2) is 54.6 Å². The van der Waals surface area contributed by atoms with Crippen LogP contribution in [0, 0.1) is 0 Å². The Morgan fingerprint density at radius 3 is 2.27 bits per heavy atom. The van der Waals surface area contributed by atoms with Gasteiger partial charge in [-0.05, 0) is 42.5 Å². The molecule has 0 unspecified atom stereocenters. The average molecular weight is 411 g/mol. The summed E-state index contributed by atoms with van der Waals surface area (Å²) in [4.78, 5) is 27.2. The van der Waals surface area contributed by atoms with Crippen molar-refractivity contribution in [1.82, 2.24) is 10.2 Å². The van der Waals surface area contributed by atoms with Crippen LogP contribution in [0.5, 0.6) is 5.75 Å². The molecule has 0 heterocycles. The highest BCUT2D eigenvalue weighted by molar-refractivity contribution is 5.87. The molecule has 0 spiro atoms. The van der Waals surface area contributed by atoms with E-state index in [-0.39, 0.29) is 18.4 Å². The molecule has 1 atom stereocenters. The van der Waals surface area contributed by atoms with Crippen molar-refractivity contribution < 1.29 is 14.3 Å². The molecule has 30 heavy (non-hydrogen) atoms. The molecule has 0 radical (unpaired) electrons. The second-order valence-electron chi connectivity index (χ2n) is 7.84. The molecule has 162 valence electrons. The standard InChI is InChI=1S/C25H34N2O3/c1-5-6-16-26-25(29)20(4)27(17-21-10-8-7-9-11-21)24(28)18-30-23-14-12-22(13-15-23)19(2)3/h7-15,19-20H,5-6,16-18H2,1-4H3,(H,26,29)/t20-/m0/s1. The van der Waals surface area contributed by atoms with Gasteiger partial charge in [0.15, 0.2) is 6.61 Å². The van der Waals surface area contributed by atoms with Gasteiger partial charge in [0.2, 0.25) is 5.91 Å². The number of hydrogen-bond acceptors (Lipinski definition) is 3. The third-order valence-corrected chi connectivity index (χ3v) is 5.10. The number of amides is 2. The normalized spacial score (nSPS) is 11.8. The maximum Gasteiger partial charge on any atom is 0.261 e. The Bertz CT molecular complexity index is 788. The monoisotopic (exact) mass is 410 g/mol. The van der Waals surface area contributed by atoms with Crippen LogP contribution in [0.25, 0.3) is 0 Å². The summed E-state index contributed by atoms with van der Waals surface area (Å²) in [7, 11) is 0. The zero-order valence-corrected chi connectivity index (χ0v) is 18.6. The lowest BCUT2D eigenvalue weighted by molar-refractivity contribution is -0.142. The van der Waals surface area contributed by atoms with Gasteiger partial charge < -0.3 is 15.0 Å². The topological polar surface area (TPSA) is 58.6 Å². The SMILES string of the molecule is CCCCNC(=O)[C@H](C)N(Cc1ccccc1)C(=O)COc1ccc(C(C)C)cc1. The quantitative estimate of drug-likeness (QED) is 0.554. The van der Waals surface area contributed by atoms with Crippen molar-refractivity contribution in [3.63, 3.8) is 0 Å². The van der Waals surface area contributed by atoms with Crippen LogP contribution in [0.3, 0.4) is 0 Å². The molecule has 0 aromatic heterocycles. The van der Waals surface area contributed by atoms with Crippen molar-refractivity contribution >= 4 is 11.8 Å². The predicted octanol–water partition coefficient (Wildman–Crippen LogP) is 4.52. The summed E-state index contributed by atoms with van der Waals surface area (Å²) in [6.07, 6.45) is 1.92. The summed E-state index contributed by atoms with van der Waals surface area (Å²) >= 11 is 0. The van der Waals surface area contributed by atoms with Gasteiger partial charge in [0, 0.05) is 13.1 Å². The third-order valence-electron chi connectivity index (χ3n) is 5.10. The Labute approximate surface area is 180 Å². The van der Waals surface area contributed by atoms with Gasteiger partial charge in [0.05, 0.1) is 0 Å². The predicted molar refractivity (Wildman–Crippen MR) is 120 cm³/mol. The first-order valence-corrected chi connectivity index (χ1v) is 10.8. The molecular weight excluding hydrogens is 376 g/mol. The number of benzene rings is 2. The number of rotatable bonds is 11. The van der Waals surface area contributed by atoms with Crippen LogP contribution in [0.2, 0.25) is 0 Å². The van der Waals surface area contributed by atoms with Crippen molar-refractivity contribution in [2.45, 2.75) is 59.0 Å². The third kappa shape index (κ3) is 7.21. The summed E-state index contributed by atoms with van der Waals surface area (Å²) in [5, 5.41) is 2.92. The maximum atomic E-state index is 13.0. The van der Waals surface area contributed by atoms with Crippen LogP contribution in [0.4, 0.5) is 0 Å². The molecule has 1 N–H and O–H groups in total. The Kier molecular flexibility index (Phi) is 9.39. The fourth-order valence-electron chi connectivity index (χ4n) is 3.08. The van der Waals surface area contributed by atoms with Crippen molar-refractivity contribution in [2.24, 2.45) is 0 Å². The number of unbranched alkanes of at least 4 members (excludes halogenated alkanes) is 1. The summed E-state index contributed by atoms with van der Waals surface area (Å²) in [6, 6.07) is 16.9. The van der Waals surface area contributed by atoms with Crippen LogP contribution in [0.1, 0.15) is 57.6 Å². The Morgan fingerprint density at radius 2 is 1.67 bits per heavy atom. The number of nitrogens with zero attached hydrogens (tertiary/aromatic N) is 1. The lowest BCUT2D eigenvalue weighted by atomic mass is 10.0. The first-order chi connectivity index (χ1) is 14.4. The Morgan fingerprint density at radius 1 is 1.00 bits per heavy atom. The zero-order chi connectivity index (χ0) is 21.9. The highest BCUT2D eigenvalue weighted by Crippen LogP contribution is 2.19. The molecule has 2 amide bonds. The lowest BCUT2D eigenvalue weighted by Crippen LogP contribution is -2.49. The molecule has 0 aliphatic rings. The number of carbonyl (C=O) groups is 2. The molecule has 0 aliphatic heterocycles. The van der Waals surface area contributed by atoms with Gasteiger partial charge in [-0.1, -0.05) is 69.7 Å². The second-order valence-corrected chi connectivity index (χ2v) is 7.84. The fraction of sp³-hybridized carbons (Fsp3) is 0.440. The molecule has 0 fully saturated rings. The van der Waals surface area contributed by atoms with Crippen LogP contribution in [-0.2, 0) is 16.1 Å². The number of carbonyl (C=O) groups excluding carboxylic acids is 2. The van der Waals surface area contributed by atoms with E-state index < -0.39 is 6.04 Å². The van der Waals surface area contributed by atoms with Gasteiger partial charge in [-0.3, -0.25) is 9.59 Å². The van der Waals surface area contributed by atoms with Gasteiger partial charge >= 0.3 is 0 Å². The lowest BCUT2D eigenvalue weighted by Gasteiger charge is -2.28. The van der Waals surface area contributed by atoms with Crippen LogP contribution < -0.4 is 10.1 Å². The van der Waals surface area contributed by atoms with Crippen LogP contribution >= 0.6 is 0 Å². The van der Waals surface area contributed by atoms with Gasteiger partial charge in [-0.15, -0.1) is 0 Å². The molecular formula is C25H34N2O3. The van der Waals surface area contributed by atoms with Crippen molar-refractivity contribution in [2.75, 3.05) is 13.2 Å². The minimum Gasteiger partial charge on any atom is -0.484 e. The van der Waals surface area contributed by atoms with E-state index in [0.717, 1.165) is 18.4 Å². The molecule has 0 aliphatic carbocycles. The minimum atomic E-state index is -0.582. The molecule has 2 aromatic carbocycles. The minimum absolute atomic E-state index is 0.111. The van der Waals surface area contributed by atoms with Gasteiger partial charge in [0.25, 0.3) is 5.91 Å². The zero-order valence-electron chi connectivity index (χ0n) is 18.6. The molecule has 5 nitrogen and oxygen atoms in total.